The first-order valence-electron chi connectivity index (χ1n) is 6.02. The summed E-state index contributed by atoms with van der Waals surface area (Å²) in [4.78, 5) is 12.3. The Bertz CT molecular complexity index is 597. The van der Waals surface area contributed by atoms with E-state index in [0.29, 0.717) is 18.7 Å². The van der Waals surface area contributed by atoms with Gasteiger partial charge in [0.25, 0.3) is 0 Å². The molecule has 1 aromatic carbocycles. The highest BCUT2D eigenvalue weighted by Crippen LogP contribution is 2.33. The quantitative estimate of drug-likeness (QED) is 0.767. The van der Waals surface area contributed by atoms with Crippen molar-refractivity contribution in [2.75, 3.05) is 11.9 Å². The highest BCUT2D eigenvalue weighted by Gasteiger charge is 2.41. The van der Waals surface area contributed by atoms with Crippen molar-refractivity contribution in [3.05, 3.63) is 24.3 Å². The van der Waals surface area contributed by atoms with E-state index in [2.05, 4.69) is 5.32 Å². The van der Waals surface area contributed by atoms with E-state index in [0.717, 1.165) is 12.8 Å². The molecule has 6 heteroatoms. The van der Waals surface area contributed by atoms with Gasteiger partial charge in [-0.15, -0.1) is 0 Å². The van der Waals surface area contributed by atoms with Gasteiger partial charge in [-0.25, -0.2) is 8.42 Å². The maximum absolute atomic E-state index is 12.5. The Hall–Kier alpha value is -1.40. The van der Waals surface area contributed by atoms with Crippen molar-refractivity contribution in [2.45, 2.75) is 30.2 Å². The summed E-state index contributed by atoms with van der Waals surface area (Å²) in [6.45, 7) is 0.425. The van der Waals surface area contributed by atoms with E-state index >= 15 is 0 Å². The van der Waals surface area contributed by atoms with Crippen molar-refractivity contribution in [1.29, 1.82) is 0 Å². The Kier molecular flexibility index (Phi) is 2.64. The molecule has 2 aliphatic heterocycles. The van der Waals surface area contributed by atoms with Crippen molar-refractivity contribution < 1.29 is 13.2 Å². The Morgan fingerprint density at radius 2 is 2.00 bits per heavy atom. The zero-order valence-corrected chi connectivity index (χ0v) is 10.6. The number of benzene rings is 1. The van der Waals surface area contributed by atoms with E-state index in [1.54, 1.807) is 24.3 Å². The van der Waals surface area contributed by atoms with Crippen LogP contribution in [0.2, 0.25) is 0 Å². The second-order valence-corrected chi connectivity index (χ2v) is 6.47. The topological polar surface area (TPSA) is 66.5 Å². The number of piperidine rings is 1. The van der Waals surface area contributed by atoms with Gasteiger partial charge in [-0.05, 0) is 25.0 Å². The molecule has 1 aromatic rings. The van der Waals surface area contributed by atoms with Gasteiger partial charge in [0.15, 0.2) is 0 Å². The number of rotatable bonds is 0. The third-order valence-corrected chi connectivity index (χ3v) is 5.45. The first-order chi connectivity index (χ1) is 8.60. The van der Waals surface area contributed by atoms with Crippen LogP contribution in [0.4, 0.5) is 5.69 Å². The first kappa shape index (κ1) is 11.7. The lowest BCUT2D eigenvalue weighted by atomic mass is 10.0. The van der Waals surface area contributed by atoms with Gasteiger partial charge in [-0.2, -0.15) is 4.31 Å². The third-order valence-electron chi connectivity index (χ3n) is 3.49. The average Bonchev–Trinajstić information content (AvgIpc) is 2.46. The van der Waals surface area contributed by atoms with Crippen LogP contribution in [0.3, 0.4) is 0 Å². The van der Waals surface area contributed by atoms with Crippen LogP contribution in [0.5, 0.6) is 0 Å². The summed E-state index contributed by atoms with van der Waals surface area (Å²) in [7, 11) is -3.56. The van der Waals surface area contributed by atoms with Gasteiger partial charge in [0.05, 0.1) is 5.69 Å². The number of anilines is 1. The molecule has 18 heavy (non-hydrogen) atoms. The zero-order chi connectivity index (χ0) is 12.8. The smallest absolute Gasteiger partial charge is 0.245 e. The predicted molar refractivity (Wildman–Crippen MR) is 66.6 cm³/mol. The summed E-state index contributed by atoms with van der Waals surface area (Å²) in [5, 5.41) is 2.72. The van der Waals surface area contributed by atoms with Crippen LogP contribution in [-0.2, 0) is 14.8 Å². The highest BCUT2D eigenvalue weighted by atomic mass is 32.2. The molecular weight excluding hydrogens is 252 g/mol. The highest BCUT2D eigenvalue weighted by molar-refractivity contribution is 7.89. The van der Waals surface area contributed by atoms with Crippen LogP contribution in [-0.4, -0.2) is 31.2 Å². The normalized spacial score (nSPS) is 26.7. The molecule has 5 nitrogen and oxygen atoms in total. The van der Waals surface area contributed by atoms with Crippen LogP contribution in [0.1, 0.15) is 19.3 Å². The van der Waals surface area contributed by atoms with E-state index in [4.69, 9.17) is 0 Å². The molecule has 0 aliphatic carbocycles. The standard InChI is InChI=1S/C12H14N2O3S/c15-12-10-6-3-4-8-14(10)18(16,17)11-7-2-1-5-9(11)13-12/h1-2,5,7,10H,3-4,6,8H2,(H,13,15). The lowest BCUT2D eigenvalue weighted by Crippen LogP contribution is -2.47. The maximum atomic E-state index is 12.5. The Labute approximate surface area is 106 Å². The number of para-hydroxylation sites is 1. The van der Waals surface area contributed by atoms with E-state index in [9.17, 15) is 13.2 Å². The molecule has 2 heterocycles. The minimum absolute atomic E-state index is 0.197. The van der Waals surface area contributed by atoms with Gasteiger partial charge < -0.3 is 5.32 Å². The number of nitrogens with one attached hydrogen (secondary N) is 1. The minimum Gasteiger partial charge on any atom is -0.323 e. The Morgan fingerprint density at radius 1 is 1.22 bits per heavy atom. The fourth-order valence-electron chi connectivity index (χ4n) is 2.59. The minimum atomic E-state index is -3.56. The van der Waals surface area contributed by atoms with E-state index < -0.39 is 16.1 Å². The summed E-state index contributed by atoms with van der Waals surface area (Å²) in [5.41, 5.74) is 0.386. The first-order valence-corrected chi connectivity index (χ1v) is 7.46. The molecule has 0 saturated carbocycles. The maximum Gasteiger partial charge on any atom is 0.245 e. The molecule has 1 unspecified atom stereocenters. The van der Waals surface area contributed by atoms with Crippen LogP contribution < -0.4 is 5.32 Å². The number of fused-ring (bicyclic) bond motifs is 2. The van der Waals surface area contributed by atoms with Gasteiger partial charge in [0, 0.05) is 6.54 Å². The fraction of sp³-hybridized carbons (Fsp3) is 0.417. The lowest BCUT2D eigenvalue weighted by Gasteiger charge is -2.31. The summed E-state index contributed by atoms with van der Waals surface area (Å²) in [5.74, 6) is -0.219. The molecule has 0 aromatic heterocycles. The molecule has 0 bridgehead atoms. The van der Waals surface area contributed by atoms with Gasteiger partial charge in [0.1, 0.15) is 10.9 Å². The van der Waals surface area contributed by atoms with Gasteiger partial charge in [-0.3, -0.25) is 4.79 Å². The molecule has 3 rings (SSSR count). The molecule has 96 valence electrons. The number of hydrogen-bond donors (Lipinski definition) is 1. The SMILES string of the molecule is O=C1Nc2ccccc2S(=O)(=O)N2CCCCC12. The molecule has 1 amide bonds. The fourth-order valence-corrected chi connectivity index (χ4v) is 4.40. The largest absolute Gasteiger partial charge is 0.323 e. The van der Waals surface area contributed by atoms with Crippen molar-refractivity contribution in [2.24, 2.45) is 0 Å². The van der Waals surface area contributed by atoms with E-state index in [1.807, 2.05) is 0 Å². The van der Waals surface area contributed by atoms with Crippen molar-refractivity contribution in [3.8, 4) is 0 Å². The third kappa shape index (κ3) is 1.64. The summed E-state index contributed by atoms with van der Waals surface area (Å²) in [6.07, 6.45) is 2.30. The summed E-state index contributed by atoms with van der Waals surface area (Å²) < 4.78 is 26.4. The van der Waals surface area contributed by atoms with Gasteiger partial charge in [-0.1, -0.05) is 18.6 Å². The monoisotopic (exact) mass is 266 g/mol. The zero-order valence-electron chi connectivity index (χ0n) is 9.80. The summed E-state index contributed by atoms with van der Waals surface area (Å²) >= 11 is 0. The number of carbonyl (C=O) groups excluding carboxylic acids is 1. The number of carbonyl (C=O) groups is 1. The molecule has 2 aliphatic rings. The van der Waals surface area contributed by atoms with Crippen LogP contribution in [0.15, 0.2) is 29.2 Å². The van der Waals surface area contributed by atoms with E-state index in [-0.39, 0.29) is 10.8 Å². The molecule has 1 saturated heterocycles. The summed E-state index contributed by atoms with van der Waals surface area (Å²) in [6, 6.07) is 6.01. The van der Waals surface area contributed by atoms with Gasteiger partial charge in [0.2, 0.25) is 15.9 Å². The molecule has 1 fully saturated rings. The molecular formula is C12H14N2O3S. The van der Waals surface area contributed by atoms with Crippen LogP contribution >= 0.6 is 0 Å². The van der Waals surface area contributed by atoms with Gasteiger partial charge >= 0.3 is 0 Å². The molecule has 1 N–H and O–H groups in total. The number of amides is 1. The molecule has 1 atom stereocenters. The molecule has 0 radical (unpaired) electrons. The Balaban J connectivity index is 2.19. The second kappa shape index (κ2) is 4.07. The van der Waals surface area contributed by atoms with Crippen molar-refractivity contribution in [3.63, 3.8) is 0 Å². The lowest BCUT2D eigenvalue weighted by molar-refractivity contribution is -0.120. The second-order valence-electron chi connectivity index (χ2n) is 4.61. The average molecular weight is 266 g/mol. The van der Waals surface area contributed by atoms with Crippen molar-refractivity contribution >= 4 is 21.6 Å². The molecule has 0 spiro atoms. The Morgan fingerprint density at radius 3 is 2.83 bits per heavy atom. The van der Waals surface area contributed by atoms with Crippen LogP contribution in [0.25, 0.3) is 0 Å². The number of hydrogen-bond acceptors (Lipinski definition) is 3. The van der Waals surface area contributed by atoms with Crippen LogP contribution in [0, 0.1) is 0 Å². The number of sulfonamides is 1. The van der Waals surface area contributed by atoms with Crippen molar-refractivity contribution in [1.82, 2.24) is 4.31 Å². The number of nitrogens with zero attached hydrogens (tertiary/aromatic N) is 1. The van der Waals surface area contributed by atoms with E-state index in [1.165, 1.54) is 4.31 Å². The predicted octanol–water partition coefficient (Wildman–Crippen LogP) is 1.18.